The van der Waals surface area contributed by atoms with Gasteiger partial charge in [0, 0.05) is 29.6 Å². The zero-order chi connectivity index (χ0) is 15.6. The third kappa shape index (κ3) is 4.19. The zero-order valence-electron chi connectivity index (χ0n) is 13.4. The summed E-state index contributed by atoms with van der Waals surface area (Å²) in [5.41, 5.74) is 0.976. The molecule has 0 aromatic heterocycles. The lowest BCUT2D eigenvalue weighted by atomic mass is 9.94. The lowest BCUT2D eigenvalue weighted by molar-refractivity contribution is 0.310. The van der Waals surface area contributed by atoms with Crippen molar-refractivity contribution in [2.75, 3.05) is 18.0 Å². The molecule has 0 radical (unpaired) electrons. The third-order valence-electron chi connectivity index (χ3n) is 4.18. The van der Waals surface area contributed by atoms with Crippen LogP contribution in [-0.4, -0.2) is 25.2 Å². The van der Waals surface area contributed by atoms with Gasteiger partial charge in [0.15, 0.2) is 0 Å². The monoisotopic (exact) mass is 356 g/mol. The summed E-state index contributed by atoms with van der Waals surface area (Å²) < 4.78 is 14.6. The van der Waals surface area contributed by atoms with E-state index in [0.29, 0.717) is 23.9 Å². The minimum Gasteiger partial charge on any atom is -0.364 e. The Bertz CT molecular complexity index is 476. The molecular weight excluding hydrogens is 331 g/mol. The number of hydrogen-bond donors (Lipinski definition) is 1. The van der Waals surface area contributed by atoms with Gasteiger partial charge in [-0.15, -0.1) is 0 Å². The molecular formula is C17H26BrFN2. The predicted molar refractivity (Wildman–Crippen MR) is 91.3 cm³/mol. The average molecular weight is 357 g/mol. The number of anilines is 1. The maximum Gasteiger partial charge on any atom is 0.125 e. The predicted octanol–water partition coefficient (Wildman–Crippen LogP) is 4.44. The molecule has 2 atom stereocenters. The van der Waals surface area contributed by atoms with Crippen molar-refractivity contribution >= 4 is 21.6 Å². The van der Waals surface area contributed by atoms with E-state index >= 15 is 0 Å². The summed E-state index contributed by atoms with van der Waals surface area (Å²) in [6.45, 7) is 10.9. The molecule has 4 heteroatoms. The van der Waals surface area contributed by atoms with Gasteiger partial charge in [-0.05, 0) is 52.4 Å². The standard InChI is InChI=1S/C17H26BrFN2/c1-11(2)7-14-10-21(17(9-20-14)12(3)4)16-8-13(19)5-6-15(16)18/h5-6,8,11-12,14,17,20H,7,9-10H2,1-4H3. The Morgan fingerprint density at radius 1 is 1.33 bits per heavy atom. The van der Waals surface area contributed by atoms with Gasteiger partial charge in [-0.3, -0.25) is 0 Å². The molecule has 2 unspecified atom stereocenters. The number of halogens is 2. The second-order valence-corrected chi connectivity index (χ2v) is 7.65. The van der Waals surface area contributed by atoms with Gasteiger partial charge >= 0.3 is 0 Å². The lowest BCUT2D eigenvalue weighted by Gasteiger charge is -2.44. The minimum atomic E-state index is -0.172. The SMILES string of the molecule is CC(C)CC1CN(c2cc(F)ccc2Br)C(C(C)C)CN1. The summed E-state index contributed by atoms with van der Waals surface area (Å²) in [6, 6.07) is 5.83. The molecule has 1 N–H and O–H groups in total. The van der Waals surface area contributed by atoms with E-state index in [1.165, 1.54) is 6.07 Å². The fourth-order valence-electron chi connectivity index (χ4n) is 3.14. The van der Waals surface area contributed by atoms with Crippen molar-refractivity contribution < 1.29 is 4.39 Å². The van der Waals surface area contributed by atoms with E-state index in [0.717, 1.165) is 29.7 Å². The Morgan fingerprint density at radius 2 is 2.05 bits per heavy atom. The summed E-state index contributed by atoms with van der Waals surface area (Å²) in [5, 5.41) is 3.66. The number of hydrogen-bond acceptors (Lipinski definition) is 2. The normalized spacial score (nSPS) is 23.1. The molecule has 0 aliphatic carbocycles. The number of nitrogens with zero attached hydrogens (tertiary/aromatic N) is 1. The Kier molecular flexibility index (Phi) is 5.67. The van der Waals surface area contributed by atoms with Gasteiger partial charge in [0.2, 0.25) is 0 Å². The number of rotatable bonds is 4. The molecule has 2 nitrogen and oxygen atoms in total. The highest BCUT2D eigenvalue weighted by Crippen LogP contribution is 2.32. The van der Waals surface area contributed by atoms with Gasteiger partial charge in [0.25, 0.3) is 0 Å². The summed E-state index contributed by atoms with van der Waals surface area (Å²) in [7, 11) is 0. The molecule has 2 rings (SSSR count). The number of benzene rings is 1. The average Bonchev–Trinajstić information content (AvgIpc) is 2.40. The largest absolute Gasteiger partial charge is 0.364 e. The maximum atomic E-state index is 13.7. The van der Waals surface area contributed by atoms with Crippen molar-refractivity contribution in [2.24, 2.45) is 11.8 Å². The molecule has 118 valence electrons. The van der Waals surface area contributed by atoms with Gasteiger partial charge in [-0.25, -0.2) is 4.39 Å². The number of nitrogens with one attached hydrogen (secondary N) is 1. The van der Waals surface area contributed by atoms with Crippen LogP contribution in [0.2, 0.25) is 0 Å². The minimum absolute atomic E-state index is 0.172. The number of piperazine rings is 1. The van der Waals surface area contributed by atoms with E-state index in [1.807, 2.05) is 6.07 Å². The smallest absolute Gasteiger partial charge is 0.125 e. The Morgan fingerprint density at radius 3 is 2.67 bits per heavy atom. The molecule has 1 saturated heterocycles. The highest BCUT2D eigenvalue weighted by Gasteiger charge is 2.31. The van der Waals surface area contributed by atoms with Crippen molar-refractivity contribution in [3.05, 3.63) is 28.5 Å². The van der Waals surface area contributed by atoms with Gasteiger partial charge in [-0.2, -0.15) is 0 Å². The first-order valence-electron chi connectivity index (χ1n) is 7.83. The molecule has 1 aromatic carbocycles. The lowest BCUT2D eigenvalue weighted by Crippen LogP contribution is -2.58. The molecule has 0 saturated carbocycles. The molecule has 0 bridgehead atoms. The van der Waals surface area contributed by atoms with Gasteiger partial charge in [0.05, 0.1) is 5.69 Å². The van der Waals surface area contributed by atoms with Crippen LogP contribution in [0.25, 0.3) is 0 Å². The van der Waals surface area contributed by atoms with Crippen LogP contribution >= 0.6 is 15.9 Å². The Labute approximate surface area is 136 Å². The highest BCUT2D eigenvalue weighted by molar-refractivity contribution is 9.10. The van der Waals surface area contributed by atoms with Gasteiger partial charge < -0.3 is 10.2 Å². The van der Waals surface area contributed by atoms with E-state index in [1.54, 1.807) is 6.07 Å². The van der Waals surface area contributed by atoms with Crippen molar-refractivity contribution in [1.82, 2.24) is 5.32 Å². The third-order valence-corrected chi connectivity index (χ3v) is 4.85. The maximum absolute atomic E-state index is 13.7. The summed E-state index contributed by atoms with van der Waals surface area (Å²) in [4.78, 5) is 2.38. The molecule has 21 heavy (non-hydrogen) atoms. The van der Waals surface area contributed by atoms with Crippen LogP contribution in [-0.2, 0) is 0 Å². The summed E-state index contributed by atoms with van der Waals surface area (Å²) >= 11 is 3.58. The van der Waals surface area contributed by atoms with Crippen LogP contribution in [0.5, 0.6) is 0 Å². The Balaban J connectivity index is 2.27. The first-order chi connectivity index (χ1) is 9.88. The molecule has 1 aliphatic heterocycles. The van der Waals surface area contributed by atoms with Crippen LogP contribution in [0.3, 0.4) is 0 Å². The zero-order valence-corrected chi connectivity index (χ0v) is 15.0. The second kappa shape index (κ2) is 7.10. The van der Waals surface area contributed by atoms with Crippen molar-refractivity contribution in [3.8, 4) is 0 Å². The second-order valence-electron chi connectivity index (χ2n) is 6.79. The van der Waals surface area contributed by atoms with Crippen LogP contribution in [0.15, 0.2) is 22.7 Å². The van der Waals surface area contributed by atoms with Crippen LogP contribution < -0.4 is 10.2 Å². The fraction of sp³-hybridized carbons (Fsp3) is 0.647. The van der Waals surface area contributed by atoms with E-state index in [2.05, 4.69) is 53.8 Å². The molecule has 1 aliphatic rings. The first-order valence-corrected chi connectivity index (χ1v) is 8.62. The summed E-state index contributed by atoms with van der Waals surface area (Å²) in [5.74, 6) is 1.01. The van der Waals surface area contributed by atoms with Gasteiger partial charge in [-0.1, -0.05) is 27.7 Å². The van der Waals surface area contributed by atoms with E-state index in [-0.39, 0.29) is 5.82 Å². The Hall–Kier alpha value is -0.610. The van der Waals surface area contributed by atoms with Crippen molar-refractivity contribution in [2.45, 2.75) is 46.2 Å². The van der Waals surface area contributed by atoms with E-state index < -0.39 is 0 Å². The highest BCUT2D eigenvalue weighted by atomic mass is 79.9. The van der Waals surface area contributed by atoms with E-state index in [4.69, 9.17) is 0 Å². The van der Waals surface area contributed by atoms with Crippen molar-refractivity contribution in [1.29, 1.82) is 0 Å². The summed E-state index contributed by atoms with van der Waals surface area (Å²) in [6.07, 6.45) is 1.15. The van der Waals surface area contributed by atoms with Gasteiger partial charge in [0.1, 0.15) is 5.82 Å². The topological polar surface area (TPSA) is 15.3 Å². The van der Waals surface area contributed by atoms with Crippen LogP contribution in [0.4, 0.5) is 10.1 Å². The molecule has 1 aromatic rings. The molecule has 1 heterocycles. The molecule has 1 fully saturated rings. The quantitative estimate of drug-likeness (QED) is 0.857. The molecule has 0 spiro atoms. The van der Waals surface area contributed by atoms with E-state index in [9.17, 15) is 4.39 Å². The first kappa shape index (κ1) is 16.8. The van der Waals surface area contributed by atoms with Crippen molar-refractivity contribution in [3.63, 3.8) is 0 Å². The van der Waals surface area contributed by atoms with Crippen LogP contribution in [0, 0.1) is 17.7 Å². The fourth-order valence-corrected chi connectivity index (χ4v) is 3.61. The van der Waals surface area contributed by atoms with Crippen LogP contribution in [0.1, 0.15) is 34.1 Å². The molecule has 0 amide bonds.